The molecule has 0 aliphatic rings. The quantitative estimate of drug-likeness (QED) is 0.101. The Morgan fingerprint density at radius 2 is 1.35 bits per heavy atom. The number of aryl methyl sites for hydroxylation is 1. The van der Waals surface area contributed by atoms with Crippen molar-refractivity contribution in [3.63, 3.8) is 0 Å². The third kappa shape index (κ3) is 8.94. The van der Waals surface area contributed by atoms with Crippen molar-refractivity contribution in [3.05, 3.63) is 137 Å². The second-order valence-electron chi connectivity index (χ2n) is 11.4. The fourth-order valence-corrected chi connectivity index (χ4v) is 5.42. The summed E-state index contributed by atoms with van der Waals surface area (Å²) in [6.45, 7) is 5.56. The first-order valence-electron chi connectivity index (χ1n) is 16.4. The van der Waals surface area contributed by atoms with E-state index in [1.165, 1.54) is 18.2 Å². The highest BCUT2D eigenvalue weighted by Crippen LogP contribution is 2.38. The van der Waals surface area contributed by atoms with Crippen molar-refractivity contribution in [1.82, 2.24) is 0 Å². The number of carbonyl (C=O) groups is 1. The molecule has 0 radical (unpaired) electrons. The van der Waals surface area contributed by atoms with Gasteiger partial charge in [0.05, 0.1) is 13.2 Å². The number of halogens is 1. The predicted molar refractivity (Wildman–Crippen MR) is 186 cm³/mol. The summed E-state index contributed by atoms with van der Waals surface area (Å²) in [5.41, 5.74) is 4.88. The van der Waals surface area contributed by atoms with Gasteiger partial charge in [-0.25, -0.2) is 9.18 Å². The van der Waals surface area contributed by atoms with Crippen molar-refractivity contribution in [2.45, 2.75) is 52.6 Å². The van der Waals surface area contributed by atoms with Crippen molar-refractivity contribution in [3.8, 4) is 39.9 Å². The van der Waals surface area contributed by atoms with E-state index in [1.54, 1.807) is 30.3 Å². The Kier molecular flexibility index (Phi) is 12.1. The van der Waals surface area contributed by atoms with E-state index < -0.39 is 5.97 Å². The molecule has 0 bridgehead atoms. The molecule has 0 fully saturated rings. The van der Waals surface area contributed by atoms with E-state index in [4.69, 9.17) is 18.9 Å². The minimum atomic E-state index is -1.04. The first-order chi connectivity index (χ1) is 23.5. The van der Waals surface area contributed by atoms with Crippen molar-refractivity contribution in [2.24, 2.45) is 0 Å². The molecule has 0 spiro atoms. The monoisotopic (exact) mass is 648 g/mol. The SMILES string of the molecule is CCCc1c(OCCCCOc2cc(OCc3ccccc3)c(-c3ccc(F)cc3)cc2CC)cccc1Oc1ccccc1C(=O)O. The molecule has 6 nitrogen and oxygen atoms in total. The number of unbranched alkanes of at least 4 members (excludes halogenated alkanes) is 1. The molecule has 1 N–H and O–H groups in total. The van der Waals surface area contributed by atoms with Crippen LogP contribution in [-0.2, 0) is 19.4 Å². The lowest BCUT2D eigenvalue weighted by atomic mass is 9.99. The van der Waals surface area contributed by atoms with E-state index in [0.29, 0.717) is 37.1 Å². The number of carboxylic acid groups (broad SMARTS) is 1. The average molecular weight is 649 g/mol. The van der Waals surface area contributed by atoms with E-state index in [2.05, 4.69) is 19.9 Å². The number of rotatable bonds is 17. The van der Waals surface area contributed by atoms with E-state index in [0.717, 1.165) is 71.4 Å². The molecule has 0 aromatic heterocycles. The smallest absolute Gasteiger partial charge is 0.339 e. The average Bonchev–Trinajstić information content (AvgIpc) is 3.11. The summed E-state index contributed by atoms with van der Waals surface area (Å²) in [6, 6.07) is 32.7. The van der Waals surface area contributed by atoms with Crippen LogP contribution in [0.3, 0.4) is 0 Å². The molecule has 5 aromatic carbocycles. The highest BCUT2D eigenvalue weighted by molar-refractivity contribution is 5.91. The van der Waals surface area contributed by atoms with Gasteiger partial charge in [0, 0.05) is 17.2 Å². The van der Waals surface area contributed by atoms with Crippen LogP contribution in [-0.4, -0.2) is 24.3 Å². The third-order valence-electron chi connectivity index (χ3n) is 7.92. The van der Waals surface area contributed by atoms with Crippen LogP contribution in [0.15, 0.2) is 109 Å². The number of hydrogen-bond donors (Lipinski definition) is 1. The Bertz CT molecular complexity index is 1790. The van der Waals surface area contributed by atoms with Crippen LogP contribution in [0, 0.1) is 5.82 Å². The molecule has 248 valence electrons. The van der Waals surface area contributed by atoms with Gasteiger partial charge < -0.3 is 24.1 Å². The van der Waals surface area contributed by atoms with Crippen molar-refractivity contribution in [1.29, 1.82) is 0 Å². The van der Waals surface area contributed by atoms with E-state index in [-0.39, 0.29) is 11.4 Å². The summed E-state index contributed by atoms with van der Waals surface area (Å²) in [5, 5.41) is 9.58. The Labute approximate surface area is 281 Å². The van der Waals surface area contributed by atoms with Gasteiger partial charge in [-0.1, -0.05) is 80.9 Å². The lowest BCUT2D eigenvalue weighted by molar-refractivity contribution is 0.0694. The molecular weight excluding hydrogens is 607 g/mol. The summed E-state index contributed by atoms with van der Waals surface area (Å²) in [7, 11) is 0. The largest absolute Gasteiger partial charge is 0.493 e. The van der Waals surface area contributed by atoms with Gasteiger partial charge in [0.15, 0.2) is 0 Å². The summed E-state index contributed by atoms with van der Waals surface area (Å²) < 4.78 is 38.6. The molecule has 5 aromatic rings. The van der Waals surface area contributed by atoms with Gasteiger partial charge >= 0.3 is 5.97 Å². The Morgan fingerprint density at radius 3 is 2.06 bits per heavy atom. The number of carboxylic acids is 1. The number of aromatic carboxylic acids is 1. The molecule has 5 rings (SSSR count). The Hall–Kier alpha value is -5.30. The molecule has 0 unspecified atom stereocenters. The molecular formula is C41H41FO6. The first-order valence-corrected chi connectivity index (χ1v) is 16.4. The summed E-state index contributed by atoms with van der Waals surface area (Å²) in [6.07, 6.45) is 3.91. The zero-order valence-electron chi connectivity index (χ0n) is 27.4. The van der Waals surface area contributed by atoms with Crippen molar-refractivity contribution in [2.75, 3.05) is 13.2 Å². The van der Waals surface area contributed by atoms with Crippen LogP contribution < -0.4 is 18.9 Å². The molecule has 0 saturated heterocycles. The first kappa shape index (κ1) is 34.0. The maximum Gasteiger partial charge on any atom is 0.339 e. The van der Waals surface area contributed by atoms with Crippen molar-refractivity contribution >= 4 is 5.97 Å². The third-order valence-corrected chi connectivity index (χ3v) is 7.92. The maximum absolute atomic E-state index is 13.7. The van der Waals surface area contributed by atoms with Gasteiger partial charge in [0.2, 0.25) is 0 Å². The Balaban J connectivity index is 1.23. The van der Waals surface area contributed by atoms with Crippen LogP contribution in [0.4, 0.5) is 4.39 Å². The predicted octanol–water partition coefficient (Wildman–Crippen LogP) is 10.3. The van der Waals surface area contributed by atoms with Crippen molar-refractivity contribution < 1.29 is 33.2 Å². The molecule has 0 heterocycles. The fraction of sp³-hybridized carbons (Fsp3) is 0.244. The fourth-order valence-electron chi connectivity index (χ4n) is 5.42. The van der Waals surface area contributed by atoms with E-state index >= 15 is 0 Å². The molecule has 48 heavy (non-hydrogen) atoms. The normalized spacial score (nSPS) is 10.8. The molecule has 7 heteroatoms. The van der Waals surface area contributed by atoms with Crippen LogP contribution in [0.5, 0.6) is 28.7 Å². The van der Waals surface area contributed by atoms with E-state index in [1.807, 2.05) is 54.6 Å². The lowest BCUT2D eigenvalue weighted by Gasteiger charge is -2.18. The van der Waals surface area contributed by atoms with Gasteiger partial charge in [-0.3, -0.25) is 0 Å². The molecule has 0 aliphatic carbocycles. The number of para-hydroxylation sites is 1. The molecule has 0 aliphatic heterocycles. The lowest BCUT2D eigenvalue weighted by Crippen LogP contribution is -2.06. The minimum absolute atomic E-state index is 0.109. The zero-order chi connectivity index (χ0) is 33.7. The van der Waals surface area contributed by atoms with Gasteiger partial charge in [-0.2, -0.15) is 0 Å². The zero-order valence-corrected chi connectivity index (χ0v) is 27.4. The second-order valence-corrected chi connectivity index (χ2v) is 11.4. The minimum Gasteiger partial charge on any atom is -0.493 e. The van der Waals surface area contributed by atoms with Gasteiger partial charge in [0.25, 0.3) is 0 Å². The molecule has 0 saturated carbocycles. The number of hydrogen-bond acceptors (Lipinski definition) is 5. The van der Waals surface area contributed by atoms with Crippen LogP contribution >= 0.6 is 0 Å². The summed E-state index contributed by atoms with van der Waals surface area (Å²) in [5.74, 6) is 1.74. The topological polar surface area (TPSA) is 74.2 Å². The van der Waals surface area contributed by atoms with Crippen LogP contribution in [0.1, 0.15) is 60.2 Å². The molecule has 0 amide bonds. The van der Waals surface area contributed by atoms with Gasteiger partial charge in [-0.05, 0) is 84.8 Å². The Morgan fingerprint density at radius 1 is 0.688 bits per heavy atom. The number of benzene rings is 5. The van der Waals surface area contributed by atoms with Gasteiger partial charge in [0.1, 0.15) is 46.7 Å². The highest BCUT2D eigenvalue weighted by atomic mass is 19.1. The molecule has 0 atom stereocenters. The van der Waals surface area contributed by atoms with Crippen LogP contribution in [0.25, 0.3) is 11.1 Å². The maximum atomic E-state index is 13.7. The van der Waals surface area contributed by atoms with Gasteiger partial charge in [-0.15, -0.1) is 0 Å². The highest BCUT2D eigenvalue weighted by Gasteiger charge is 2.17. The summed E-state index contributed by atoms with van der Waals surface area (Å²) >= 11 is 0. The van der Waals surface area contributed by atoms with Crippen LogP contribution in [0.2, 0.25) is 0 Å². The number of ether oxygens (including phenoxy) is 4. The standard InChI is InChI=1S/C41H41FO6/c1-3-13-33-36(18-12-19-37(33)48-38-17-9-8-16-34(38)41(43)44)45-24-10-11-25-46-39-27-40(47-28-29-14-6-5-7-15-29)35(26-30(39)4-2)31-20-22-32(42)23-21-31/h5-9,12,14-23,26-27H,3-4,10-11,13,24-25,28H2,1-2H3,(H,43,44). The second kappa shape index (κ2) is 17.0. The summed E-state index contributed by atoms with van der Waals surface area (Å²) in [4.78, 5) is 11.7. The van der Waals surface area contributed by atoms with E-state index in [9.17, 15) is 14.3 Å².